The molecule has 2 fully saturated rings. The van der Waals surface area contributed by atoms with Crippen molar-refractivity contribution in [2.24, 2.45) is 17.3 Å². The van der Waals surface area contributed by atoms with Gasteiger partial charge in [-0.1, -0.05) is 76.0 Å². The molecular formula is C33H40Cl2FN3O3. The van der Waals surface area contributed by atoms with Gasteiger partial charge in [-0.3, -0.25) is 14.4 Å². The summed E-state index contributed by atoms with van der Waals surface area (Å²) in [5.41, 5.74) is -0.0385. The van der Waals surface area contributed by atoms with Gasteiger partial charge in [-0.05, 0) is 66.8 Å². The molecule has 3 N–H and O–H groups in total. The molecule has 1 aliphatic carbocycles. The number of Topliss-reactive ketones (excluding diaryl/α,β-unsaturated/α-hetero) is 1. The van der Waals surface area contributed by atoms with E-state index < -0.39 is 29.2 Å². The second-order valence-corrected chi connectivity index (χ2v) is 14.6. The first kappa shape index (κ1) is 31.0. The van der Waals surface area contributed by atoms with Crippen LogP contribution in [0, 0.1) is 23.1 Å². The second kappa shape index (κ2) is 11.5. The molecule has 0 unspecified atom stereocenters. The molecule has 4 atom stereocenters. The maximum absolute atomic E-state index is 15.9. The molecule has 0 bridgehead atoms. The Morgan fingerprint density at radius 1 is 1.10 bits per heavy atom. The molecule has 5 rings (SSSR count). The minimum Gasteiger partial charge on any atom is -0.352 e. The number of rotatable bonds is 6. The van der Waals surface area contributed by atoms with Crippen molar-refractivity contribution >= 4 is 46.5 Å². The molecule has 2 aromatic rings. The second-order valence-electron chi connectivity index (χ2n) is 13.7. The highest BCUT2D eigenvalue weighted by Crippen LogP contribution is 2.57. The van der Waals surface area contributed by atoms with Crippen molar-refractivity contribution in [2.45, 2.75) is 96.2 Å². The smallest absolute Gasteiger partial charge is 0.238 e. The first-order chi connectivity index (χ1) is 19.7. The summed E-state index contributed by atoms with van der Waals surface area (Å²) in [6.07, 6.45) is 3.37. The Bertz CT molecular complexity index is 1400. The molecule has 2 amide bonds. The number of halogens is 3. The van der Waals surface area contributed by atoms with E-state index in [-0.39, 0.29) is 51.5 Å². The van der Waals surface area contributed by atoms with Crippen molar-refractivity contribution in [3.05, 3.63) is 63.4 Å². The van der Waals surface area contributed by atoms with E-state index >= 15 is 4.39 Å². The van der Waals surface area contributed by atoms with Gasteiger partial charge < -0.3 is 16.0 Å². The molecule has 226 valence electrons. The van der Waals surface area contributed by atoms with Gasteiger partial charge in [0.15, 0.2) is 0 Å². The number of carbonyl (C=O) groups is 3. The monoisotopic (exact) mass is 615 g/mol. The Kier molecular flexibility index (Phi) is 8.51. The Balaban J connectivity index is 1.57. The standard InChI is InChI=1S/C33H40Cl2FN3O3/c1-17(2)29(40)18-9-12-20(13-10-18)37-30(41)28-26(21-7-6-8-23(35)27(21)36)33(25(39-28)16-32(3,4)5)22-14-11-19(34)15-24(22)38-31(33)42/h6-8,11,14-15,17-18,20,25-26,28,39H,9-10,12-13,16H2,1-5H3,(H,37,41)(H,38,42)/t18?,20?,25-,26-,28+,33+/m0/s1. The van der Waals surface area contributed by atoms with Crippen LogP contribution in [0.25, 0.3) is 0 Å². The van der Waals surface area contributed by atoms with E-state index in [0.29, 0.717) is 35.5 Å². The Labute approximate surface area is 257 Å². The third-order valence-corrected chi connectivity index (χ3v) is 9.79. The van der Waals surface area contributed by atoms with Crippen molar-refractivity contribution in [1.29, 1.82) is 0 Å². The summed E-state index contributed by atoms with van der Waals surface area (Å²) >= 11 is 12.6. The molecule has 0 aromatic heterocycles. The molecule has 1 saturated carbocycles. The van der Waals surface area contributed by atoms with Gasteiger partial charge in [0.25, 0.3) is 0 Å². The van der Waals surface area contributed by atoms with Gasteiger partial charge in [-0.25, -0.2) is 4.39 Å². The maximum Gasteiger partial charge on any atom is 0.238 e. The zero-order valence-corrected chi connectivity index (χ0v) is 26.3. The van der Waals surface area contributed by atoms with E-state index in [2.05, 4.69) is 36.7 Å². The molecule has 6 nitrogen and oxygen atoms in total. The highest BCUT2D eigenvalue weighted by molar-refractivity contribution is 6.31. The number of carbonyl (C=O) groups excluding carboxylic acids is 3. The summed E-state index contributed by atoms with van der Waals surface area (Å²) in [5.74, 6) is -1.83. The number of amides is 2. The average Bonchev–Trinajstić information content (AvgIpc) is 3.39. The van der Waals surface area contributed by atoms with E-state index in [0.717, 1.165) is 12.8 Å². The average molecular weight is 617 g/mol. The number of hydrogen-bond acceptors (Lipinski definition) is 4. The number of benzene rings is 2. The summed E-state index contributed by atoms with van der Waals surface area (Å²) in [6.45, 7) is 10.1. The molecule has 9 heteroatoms. The van der Waals surface area contributed by atoms with Gasteiger partial charge in [-0.2, -0.15) is 0 Å². The van der Waals surface area contributed by atoms with E-state index in [1.165, 1.54) is 6.07 Å². The molecular weight excluding hydrogens is 576 g/mol. The lowest BCUT2D eigenvalue weighted by atomic mass is 9.62. The molecule has 0 radical (unpaired) electrons. The first-order valence-corrected chi connectivity index (χ1v) is 15.6. The van der Waals surface area contributed by atoms with E-state index in [4.69, 9.17) is 23.2 Å². The summed E-state index contributed by atoms with van der Waals surface area (Å²) in [6, 6.07) is 8.49. The van der Waals surface area contributed by atoms with Crippen LogP contribution in [0.5, 0.6) is 0 Å². The van der Waals surface area contributed by atoms with Gasteiger partial charge in [0.05, 0.1) is 11.1 Å². The van der Waals surface area contributed by atoms with Gasteiger partial charge in [0.2, 0.25) is 11.8 Å². The van der Waals surface area contributed by atoms with Crippen LogP contribution in [0.2, 0.25) is 10.0 Å². The predicted molar refractivity (Wildman–Crippen MR) is 164 cm³/mol. The third-order valence-electron chi connectivity index (χ3n) is 9.27. The molecule has 2 heterocycles. The highest BCUT2D eigenvalue weighted by atomic mass is 35.5. The summed E-state index contributed by atoms with van der Waals surface area (Å²) in [5, 5.41) is 10.1. The number of ketones is 1. The summed E-state index contributed by atoms with van der Waals surface area (Å²) in [4.78, 5) is 41.0. The molecule has 1 saturated heterocycles. The van der Waals surface area contributed by atoms with Gasteiger partial charge in [-0.15, -0.1) is 0 Å². The largest absolute Gasteiger partial charge is 0.352 e. The summed E-state index contributed by atoms with van der Waals surface area (Å²) < 4.78 is 15.9. The topological polar surface area (TPSA) is 87.3 Å². The highest BCUT2D eigenvalue weighted by Gasteiger charge is 2.66. The molecule has 3 aliphatic rings. The van der Waals surface area contributed by atoms with Gasteiger partial charge >= 0.3 is 0 Å². The van der Waals surface area contributed by atoms with Crippen molar-refractivity contribution in [3.8, 4) is 0 Å². The van der Waals surface area contributed by atoms with Gasteiger partial charge in [0, 0.05) is 40.5 Å². The fraction of sp³-hybridized carbons (Fsp3) is 0.545. The van der Waals surface area contributed by atoms with Gasteiger partial charge in [0.1, 0.15) is 17.0 Å². The minimum absolute atomic E-state index is 0.0107. The quantitative estimate of drug-likeness (QED) is 0.334. The molecule has 2 aromatic carbocycles. The fourth-order valence-corrected chi connectivity index (χ4v) is 7.79. The van der Waals surface area contributed by atoms with E-state index in [9.17, 15) is 14.4 Å². The van der Waals surface area contributed by atoms with Crippen LogP contribution in [-0.4, -0.2) is 35.7 Å². The Hall–Kier alpha value is -2.48. The van der Waals surface area contributed by atoms with Crippen molar-refractivity contribution in [3.63, 3.8) is 0 Å². The number of hydrogen-bond donors (Lipinski definition) is 3. The van der Waals surface area contributed by atoms with Crippen LogP contribution in [0.15, 0.2) is 36.4 Å². The Morgan fingerprint density at radius 2 is 1.79 bits per heavy atom. The van der Waals surface area contributed by atoms with Crippen LogP contribution in [0.1, 0.15) is 83.8 Å². The first-order valence-electron chi connectivity index (χ1n) is 14.9. The lowest BCUT2D eigenvalue weighted by molar-refractivity contribution is -0.127. The van der Waals surface area contributed by atoms with E-state index in [1.54, 1.807) is 24.3 Å². The Morgan fingerprint density at radius 3 is 2.43 bits per heavy atom. The van der Waals surface area contributed by atoms with Crippen LogP contribution in [0.3, 0.4) is 0 Å². The molecule has 1 spiro atoms. The summed E-state index contributed by atoms with van der Waals surface area (Å²) in [7, 11) is 0. The van der Waals surface area contributed by atoms with Crippen molar-refractivity contribution in [1.82, 2.24) is 10.6 Å². The van der Waals surface area contributed by atoms with Crippen LogP contribution < -0.4 is 16.0 Å². The number of fused-ring (bicyclic) bond motifs is 2. The lowest BCUT2D eigenvalue weighted by Crippen LogP contribution is -2.50. The lowest BCUT2D eigenvalue weighted by Gasteiger charge is -2.38. The number of nitrogens with one attached hydrogen (secondary N) is 3. The third kappa shape index (κ3) is 5.48. The van der Waals surface area contributed by atoms with Crippen LogP contribution in [0.4, 0.5) is 10.1 Å². The van der Waals surface area contributed by atoms with Crippen molar-refractivity contribution < 1.29 is 18.8 Å². The minimum atomic E-state index is -1.29. The fourth-order valence-electron chi connectivity index (χ4n) is 7.44. The van der Waals surface area contributed by atoms with Crippen LogP contribution >= 0.6 is 23.2 Å². The molecule has 2 aliphatic heterocycles. The van der Waals surface area contributed by atoms with Crippen LogP contribution in [-0.2, 0) is 19.8 Å². The number of anilines is 1. The SMILES string of the molecule is CC(C)C(=O)C1CCC(NC(=O)[C@@H]2N[C@@H](CC(C)(C)C)[C@@]3(C(=O)Nc4cc(Cl)ccc43)[C@H]2c2cccc(Cl)c2F)CC1. The zero-order valence-electron chi connectivity index (χ0n) is 24.8. The van der Waals surface area contributed by atoms with Crippen molar-refractivity contribution in [2.75, 3.05) is 5.32 Å². The maximum atomic E-state index is 15.9. The van der Waals surface area contributed by atoms with E-state index in [1.807, 2.05) is 19.9 Å². The normalized spacial score (nSPS) is 29.1. The zero-order chi connectivity index (χ0) is 30.6. The molecule has 42 heavy (non-hydrogen) atoms. The predicted octanol–water partition coefficient (Wildman–Crippen LogP) is 6.78.